The van der Waals surface area contributed by atoms with E-state index in [1.165, 1.54) is 0 Å². The van der Waals surface area contributed by atoms with Gasteiger partial charge in [0, 0.05) is 6.54 Å². The molecule has 0 aliphatic carbocycles. The van der Waals surface area contributed by atoms with Crippen LogP contribution < -0.4 is 0 Å². The first-order chi connectivity index (χ1) is 3.66. The smallest absolute Gasteiger partial charge is 0.172 e. The fourth-order valence-electron chi connectivity index (χ4n) is 0.400. The van der Waals surface area contributed by atoms with E-state index in [1.807, 2.05) is 19.0 Å². The van der Waals surface area contributed by atoms with Crippen LogP contribution in [0.1, 0.15) is 0 Å². The van der Waals surface area contributed by atoms with Crippen LogP contribution in [-0.2, 0) is 0 Å². The topological polar surface area (TPSA) is 7.60 Å². The van der Waals surface area contributed by atoms with Crippen molar-refractivity contribution in [2.45, 2.75) is 0 Å². The van der Waals surface area contributed by atoms with Crippen molar-refractivity contribution < 1.29 is 0 Å². The summed E-state index contributed by atoms with van der Waals surface area (Å²) in [5.41, 5.74) is 0.593. The van der Waals surface area contributed by atoms with Crippen LogP contribution in [0.5, 0.6) is 0 Å². The lowest BCUT2D eigenvalue weighted by Gasteiger charge is -2.04. The molecule has 44 valence electrons. The maximum atomic E-state index is 6.50. The molecule has 0 heterocycles. The summed E-state index contributed by atoms with van der Waals surface area (Å²) in [6, 6.07) is 0. The summed E-state index contributed by atoms with van der Waals surface area (Å²) < 4.78 is 0. The summed E-state index contributed by atoms with van der Waals surface area (Å²) in [5.74, 6) is 0. The molecule has 0 atom stereocenters. The van der Waals surface area contributed by atoms with E-state index in [1.54, 1.807) is 0 Å². The van der Waals surface area contributed by atoms with E-state index in [4.69, 9.17) is 6.57 Å². The first-order valence-electron chi connectivity index (χ1n) is 2.36. The fraction of sp³-hybridized carbons (Fsp3) is 0.500. The zero-order chi connectivity index (χ0) is 6.57. The van der Waals surface area contributed by atoms with E-state index in [9.17, 15) is 0 Å². The molecular formula is C6H10N2. The van der Waals surface area contributed by atoms with Crippen LogP contribution in [0, 0.1) is 6.57 Å². The molecular weight excluding hydrogens is 100 g/mol. The highest BCUT2D eigenvalue weighted by molar-refractivity contribution is 5.05. The largest absolute Gasteiger partial charge is 0.315 e. The first kappa shape index (κ1) is 7.19. The Morgan fingerprint density at radius 3 is 2.38 bits per heavy atom. The highest BCUT2D eigenvalue weighted by Gasteiger charge is 1.91. The Morgan fingerprint density at radius 2 is 2.25 bits per heavy atom. The van der Waals surface area contributed by atoms with E-state index in [0.717, 1.165) is 0 Å². The van der Waals surface area contributed by atoms with Crippen molar-refractivity contribution in [2.24, 2.45) is 0 Å². The number of nitrogens with zero attached hydrogens (tertiary/aromatic N) is 2. The van der Waals surface area contributed by atoms with Crippen molar-refractivity contribution in [1.29, 1.82) is 0 Å². The van der Waals surface area contributed by atoms with Gasteiger partial charge in [0.25, 0.3) is 0 Å². The molecule has 2 heteroatoms. The lowest BCUT2D eigenvalue weighted by Crippen LogP contribution is -2.12. The average Bonchev–Trinajstić information content (AvgIpc) is 1.65. The van der Waals surface area contributed by atoms with Crippen LogP contribution in [0.4, 0.5) is 0 Å². The van der Waals surface area contributed by atoms with Crippen LogP contribution in [0.25, 0.3) is 4.85 Å². The molecule has 0 unspecified atom stereocenters. The average molecular weight is 110 g/mol. The van der Waals surface area contributed by atoms with Crippen molar-refractivity contribution >= 4 is 0 Å². The molecule has 8 heavy (non-hydrogen) atoms. The predicted octanol–water partition coefficient (Wildman–Crippen LogP) is 0.981. The van der Waals surface area contributed by atoms with Crippen LogP contribution in [0.15, 0.2) is 12.3 Å². The number of likely N-dealkylation sites (N-methyl/N-ethyl adjacent to an activating group) is 1. The van der Waals surface area contributed by atoms with Gasteiger partial charge in [-0.3, -0.25) is 0 Å². The molecule has 0 radical (unpaired) electrons. The lowest BCUT2D eigenvalue weighted by molar-refractivity contribution is 0.449. The van der Waals surface area contributed by atoms with Crippen molar-refractivity contribution in [3.63, 3.8) is 0 Å². The minimum absolute atomic E-state index is 0.593. The number of hydrogen-bond acceptors (Lipinski definition) is 1. The maximum absolute atomic E-state index is 6.50. The Kier molecular flexibility index (Phi) is 2.90. The Bertz CT molecular complexity index is 119. The quantitative estimate of drug-likeness (QED) is 0.481. The summed E-state index contributed by atoms with van der Waals surface area (Å²) in [7, 11) is 3.83. The third-order valence-electron chi connectivity index (χ3n) is 0.657. The molecule has 0 N–H and O–H groups in total. The summed E-state index contributed by atoms with van der Waals surface area (Å²) in [5, 5.41) is 0. The molecule has 0 aromatic rings. The van der Waals surface area contributed by atoms with Crippen LogP contribution >= 0.6 is 0 Å². The Labute approximate surface area is 50.2 Å². The molecule has 0 aromatic carbocycles. The minimum Gasteiger partial charge on any atom is -0.315 e. The summed E-state index contributed by atoms with van der Waals surface area (Å²) in [6.07, 6.45) is 0. The van der Waals surface area contributed by atoms with Gasteiger partial charge in [0.15, 0.2) is 5.70 Å². The molecule has 0 spiro atoms. The molecule has 0 rings (SSSR count). The standard InChI is InChI=1S/C6H10N2/c1-6(7-2)5-8(3)4/h1,5H2,3-4H3. The van der Waals surface area contributed by atoms with Gasteiger partial charge in [0.05, 0.1) is 6.57 Å². The van der Waals surface area contributed by atoms with Crippen LogP contribution in [0.2, 0.25) is 0 Å². The van der Waals surface area contributed by atoms with Gasteiger partial charge in [0.1, 0.15) is 0 Å². The van der Waals surface area contributed by atoms with Gasteiger partial charge in [-0.2, -0.15) is 0 Å². The normalized spacial score (nSPS) is 8.75. The Morgan fingerprint density at radius 1 is 1.75 bits per heavy atom. The molecule has 0 aromatic heterocycles. The second-order valence-electron chi connectivity index (χ2n) is 1.92. The monoisotopic (exact) mass is 110 g/mol. The predicted molar refractivity (Wildman–Crippen MR) is 34.3 cm³/mol. The highest BCUT2D eigenvalue weighted by Crippen LogP contribution is 1.90. The van der Waals surface area contributed by atoms with Crippen molar-refractivity contribution in [2.75, 3.05) is 20.6 Å². The van der Waals surface area contributed by atoms with Gasteiger partial charge < -0.3 is 4.90 Å². The van der Waals surface area contributed by atoms with E-state index < -0.39 is 0 Å². The SMILES string of the molecule is [C-]#[N+]C(=C)CN(C)C. The zero-order valence-corrected chi connectivity index (χ0v) is 5.31. The van der Waals surface area contributed by atoms with Gasteiger partial charge in [-0.15, -0.1) is 0 Å². The summed E-state index contributed by atoms with van der Waals surface area (Å²) in [6.45, 7) is 10.7. The van der Waals surface area contributed by atoms with Gasteiger partial charge in [0.2, 0.25) is 0 Å². The molecule has 0 saturated carbocycles. The summed E-state index contributed by atoms with van der Waals surface area (Å²) in [4.78, 5) is 5.06. The Balaban J connectivity index is 3.44. The van der Waals surface area contributed by atoms with Gasteiger partial charge >= 0.3 is 0 Å². The second-order valence-corrected chi connectivity index (χ2v) is 1.92. The van der Waals surface area contributed by atoms with Crippen molar-refractivity contribution in [3.05, 3.63) is 23.7 Å². The molecule has 0 aliphatic rings. The van der Waals surface area contributed by atoms with Crippen molar-refractivity contribution in [1.82, 2.24) is 4.90 Å². The maximum Gasteiger partial charge on any atom is 0.172 e. The van der Waals surface area contributed by atoms with E-state index >= 15 is 0 Å². The highest BCUT2D eigenvalue weighted by atomic mass is 15.1. The third kappa shape index (κ3) is 3.38. The van der Waals surface area contributed by atoms with Crippen LogP contribution in [0.3, 0.4) is 0 Å². The minimum atomic E-state index is 0.593. The first-order valence-corrected chi connectivity index (χ1v) is 2.36. The van der Waals surface area contributed by atoms with Crippen LogP contribution in [-0.4, -0.2) is 25.5 Å². The van der Waals surface area contributed by atoms with Gasteiger partial charge in [-0.05, 0) is 14.1 Å². The molecule has 0 bridgehead atoms. The van der Waals surface area contributed by atoms with Gasteiger partial charge in [-0.1, -0.05) is 6.58 Å². The molecule has 0 aliphatic heterocycles. The summed E-state index contributed by atoms with van der Waals surface area (Å²) >= 11 is 0. The molecule has 0 fully saturated rings. The molecule has 2 nitrogen and oxygen atoms in total. The zero-order valence-electron chi connectivity index (χ0n) is 5.31. The number of hydrogen-bond donors (Lipinski definition) is 0. The van der Waals surface area contributed by atoms with E-state index in [0.29, 0.717) is 12.2 Å². The lowest BCUT2D eigenvalue weighted by atomic mass is 10.5. The fourth-order valence-corrected chi connectivity index (χ4v) is 0.400. The van der Waals surface area contributed by atoms with Crippen molar-refractivity contribution in [3.8, 4) is 0 Å². The Hall–Kier alpha value is -0.810. The van der Waals surface area contributed by atoms with Gasteiger partial charge in [-0.25, -0.2) is 4.85 Å². The second kappa shape index (κ2) is 3.23. The van der Waals surface area contributed by atoms with E-state index in [2.05, 4.69) is 11.4 Å². The number of rotatable bonds is 2. The third-order valence-corrected chi connectivity index (χ3v) is 0.657. The molecule has 0 amide bonds. The molecule has 0 saturated heterocycles. The van der Waals surface area contributed by atoms with E-state index in [-0.39, 0.29) is 0 Å².